The normalized spacial score (nSPS) is 18.8. The molecule has 0 aliphatic carbocycles. The molecule has 2 rings (SSSR count). The van der Waals surface area contributed by atoms with Crippen LogP contribution in [0.25, 0.3) is 0 Å². The minimum absolute atomic E-state index is 0.0788. The Morgan fingerprint density at radius 2 is 2.42 bits per heavy atom. The second kappa shape index (κ2) is 6.74. The zero-order valence-electron chi connectivity index (χ0n) is 11.2. The summed E-state index contributed by atoms with van der Waals surface area (Å²) in [5.74, 6) is 5.97. The van der Waals surface area contributed by atoms with E-state index in [0.29, 0.717) is 12.5 Å². The molecule has 0 bridgehead atoms. The predicted octanol–water partition coefficient (Wildman–Crippen LogP) is 2.50. The van der Waals surface area contributed by atoms with Crippen molar-refractivity contribution in [3.05, 3.63) is 21.9 Å². The van der Waals surface area contributed by atoms with Crippen LogP contribution in [0.4, 0.5) is 0 Å². The molecule has 1 N–H and O–H groups in total. The lowest BCUT2D eigenvalue weighted by Crippen LogP contribution is -2.41. The van der Waals surface area contributed by atoms with Crippen LogP contribution in [0.1, 0.15) is 47.8 Å². The fourth-order valence-corrected chi connectivity index (χ4v) is 3.03. The molecular formula is C15H19NO2S. The Kier molecular flexibility index (Phi) is 5.00. The van der Waals surface area contributed by atoms with E-state index in [1.165, 1.54) is 17.8 Å². The molecule has 1 aliphatic rings. The van der Waals surface area contributed by atoms with Gasteiger partial charge < -0.3 is 10.0 Å². The van der Waals surface area contributed by atoms with E-state index < -0.39 is 0 Å². The summed E-state index contributed by atoms with van der Waals surface area (Å²) in [6.07, 6.45) is 3.89. The van der Waals surface area contributed by atoms with Gasteiger partial charge in [0, 0.05) is 24.4 Å². The first-order chi connectivity index (χ1) is 9.22. The monoisotopic (exact) mass is 277 g/mol. The van der Waals surface area contributed by atoms with Gasteiger partial charge in [0.1, 0.15) is 0 Å². The van der Waals surface area contributed by atoms with Crippen molar-refractivity contribution in [2.24, 2.45) is 0 Å². The molecule has 102 valence electrons. The standard InChI is InChI=1S/C15H19NO2S/c1-12-6-2-4-8-16(12)15(18)13-10-14(19-11-13)7-3-5-9-17/h10-12,17H,2,4-6,8-9H2,1H3. The third kappa shape index (κ3) is 3.59. The summed E-state index contributed by atoms with van der Waals surface area (Å²) >= 11 is 1.49. The largest absolute Gasteiger partial charge is 0.395 e. The highest BCUT2D eigenvalue weighted by Gasteiger charge is 2.24. The number of carbonyl (C=O) groups excluding carboxylic acids is 1. The highest BCUT2D eigenvalue weighted by Crippen LogP contribution is 2.21. The molecule has 4 heteroatoms. The third-order valence-corrected chi connectivity index (χ3v) is 4.20. The number of aliphatic hydroxyl groups excluding tert-OH is 1. The smallest absolute Gasteiger partial charge is 0.254 e. The van der Waals surface area contributed by atoms with Crippen LogP contribution in [0, 0.1) is 11.8 Å². The van der Waals surface area contributed by atoms with Gasteiger partial charge in [-0.15, -0.1) is 11.3 Å². The summed E-state index contributed by atoms with van der Waals surface area (Å²) in [7, 11) is 0. The number of hydrogen-bond donors (Lipinski definition) is 1. The van der Waals surface area contributed by atoms with Gasteiger partial charge in [-0.1, -0.05) is 11.8 Å². The summed E-state index contributed by atoms with van der Waals surface area (Å²) in [4.78, 5) is 15.3. The molecule has 1 unspecified atom stereocenters. The highest BCUT2D eigenvalue weighted by atomic mass is 32.1. The van der Waals surface area contributed by atoms with Crippen LogP contribution in [0.5, 0.6) is 0 Å². The lowest BCUT2D eigenvalue weighted by atomic mass is 10.0. The summed E-state index contributed by atoms with van der Waals surface area (Å²) in [5.41, 5.74) is 0.743. The van der Waals surface area contributed by atoms with Crippen molar-refractivity contribution in [3.63, 3.8) is 0 Å². The molecule has 1 atom stereocenters. The molecule has 1 aromatic rings. The molecule has 0 radical (unpaired) electrons. The zero-order chi connectivity index (χ0) is 13.7. The number of aliphatic hydroxyl groups is 1. The summed E-state index contributed by atoms with van der Waals surface area (Å²) < 4.78 is 0. The number of piperidine rings is 1. The third-order valence-electron chi connectivity index (χ3n) is 3.36. The topological polar surface area (TPSA) is 40.5 Å². The molecule has 0 aromatic carbocycles. The van der Waals surface area contributed by atoms with Crippen LogP contribution in [0.15, 0.2) is 11.4 Å². The van der Waals surface area contributed by atoms with Crippen LogP contribution in [-0.4, -0.2) is 35.1 Å². The zero-order valence-corrected chi connectivity index (χ0v) is 12.0. The van der Waals surface area contributed by atoms with E-state index >= 15 is 0 Å². The number of hydrogen-bond acceptors (Lipinski definition) is 3. The Balaban J connectivity index is 2.05. The van der Waals surface area contributed by atoms with Crippen molar-refractivity contribution in [1.82, 2.24) is 4.90 Å². The van der Waals surface area contributed by atoms with Gasteiger partial charge in [-0.3, -0.25) is 4.79 Å². The Labute approximate surface area is 118 Å². The van der Waals surface area contributed by atoms with Gasteiger partial charge in [-0.25, -0.2) is 0 Å². The molecular weight excluding hydrogens is 258 g/mol. The Morgan fingerprint density at radius 1 is 1.58 bits per heavy atom. The first-order valence-corrected chi connectivity index (χ1v) is 7.59. The fraction of sp³-hybridized carbons (Fsp3) is 0.533. The van der Waals surface area contributed by atoms with E-state index in [2.05, 4.69) is 18.8 Å². The van der Waals surface area contributed by atoms with Crippen LogP contribution in [-0.2, 0) is 0 Å². The maximum Gasteiger partial charge on any atom is 0.254 e. The minimum atomic E-state index is 0.0788. The van der Waals surface area contributed by atoms with Crippen molar-refractivity contribution in [3.8, 4) is 11.8 Å². The minimum Gasteiger partial charge on any atom is -0.395 e. The Hall–Kier alpha value is -1.31. The van der Waals surface area contributed by atoms with Crippen LogP contribution in [0.2, 0.25) is 0 Å². The molecule has 1 aromatic heterocycles. The van der Waals surface area contributed by atoms with E-state index in [9.17, 15) is 4.79 Å². The lowest BCUT2D eigenvalue weighted by molar-refractivity contribution is 0.0636. The maximum absolute atomic E-state index is 12.4. The van der Waals surface area contributed by atoms with Gasteiger partial charge in [0.25, 0.3) is 5.91 Å². The van der Waals surface area contributed by atoms with Crippen molar-refractivity contribution in [2.75, 3.05) is 13.2 Å². The molecule has 1 fully saturated rings. The van der Waals surface area contributed by atoms with Crippen LogP contribution >= 0.6 is 11.3 Å². The van der Waals surface area contributed by atoms with Gasteiger partial charge in [-0.2, -0.15) is 0 Å². The van der Waals surface area contributed by atoms with E-state index in [4.69, 9.17) is 5.11 Å². The molecule has 1 aliphatic heterocycles. The molecule has 0 spiro atoms. The van der Waals surface area contributed by atoms with Crippen molar-refractivity contribution >= 4 is 17.2 Å². The van der Waals surface area contributed by atoms with Crippen molar-refractivity contribution in [1.29, 1.82) is 0 Å². The van der Waals surface area contributed by atoms with Gasteiger partial charge in [0.2, 0.25) is 0 Å². The van der Waals surface area contributed by atoms with Gasteiger partial charge >= 0.3 is 0 Å². The number of carbonyl (C=O) groups is 1. The lowest BCUT2D eigenvalue weighted by Gasteiger charge is -2.33. The van der Waals surface area contributed by atoms with Gasteiger partial charge in [0.05, 0.1) is 17.0 Å². The molecule has 2 heterocycles. The van der Waals surface area contributed by atoms with E-state index in [-0.39, 0.29) is 12.5 Å². The molecule has 0 saturated carbocycles. The van der Waals surface area contributed by atoms with Crippen molar-refractivity contribution < 1.29 is 9.90 Å². The highest BCUT2D eigenvalue weighted by molar-refractivity contribution is 7.10. The molecule has 3 nitrogen and oxygen atoms in total. The SMILES string of the molecule is CC1CCCCN1C(=O)c1csc(C#CCCO)c1. The number of thiophene rings is 1. The van der Waals surface area contributed by atoms with Crippen LogP contribution < -0.4 is 0 Å². The maximum atomic E-state index is 12.4. The number of rotatable bonds is 2. The first kappa shape index (κ1) is 14.1. The van der Waals surface area contributed by atoms with Gasteiger partial charge in [-0.05, 0) is 32.3 Å². The summed E-state index contributed by atoms with van der Waals surface area (Å²) in [6.45, 7) is 3.06. The predicted molar refractivity (Wildman–Crippen MR) is 77.2 cm³/mol. The average Bonchev–Trinajstić information content (AvgIpc) is 2.88. The number of amides is 1. The Bertz CT molecular complexity index is 498. The van der Waals surface area contributed by atoms with E-state index in [1.54, 1.807) is 0 Å². The first-order valence-electron chi connectivity index (χ1n) is 6.71. The average molecular weight is 277 g/mol. The second-order valence-electron chi connectivity index (χ2n) is 4.82. The summed E-state index contributed by atoms with van der Waals surface area (Å²) in [6, 6.07) is 2.20. The van der Waals surface area contributed by atoms with Gasteiger partial charge in [0.15, 0.2) is 0 Å². The quantitative estimate of drug-likeness (QED) is 0.844. The number of nitrogens with zero attached hydrogens (tertiary/aromatic N) is 1. The van der Waals surface area contributed by atoms with Crippen LogP contribution in [0.3, 0.4) is 0 Å². The molecule has 1 saturated heterocycles. The summed E-state index contributed by atoms with van der Waals surface area (Å²) in [5, 5.41) is 10.6. The van der Waals surface area contributed by atoms with Crippen molar-refractivity contribution in [2.45, 2.75) is 38.6 Å². The fourth-order valence-electron chi connectivity index (χ4n) is 2.29. The molecule has 19 heavy (non-hydrogen) atoms. The van der Waals surface area contributed by atoms with E-state index in [0.717, 1.165) is 29.8 Å². The number of likely N-dealkylation sites (tertiary alicyclic amines) is 1. The van der Waals surface area contributed by atoms with E-state index in [1.807, 2.05) is 16.3 Å². The second-order valence-corrected chi connectivity index (χ2v) is 5.73. The Morgan fingerprint density at radius 3 is 3.16 bits per heavy atom. The molecule has 1 amide bonds.